The molecule has 90 valence electrons. The zero-order valence-electron chi connectivity index (χ0n) is 9.46. The molecular formula is C10H17N3O2S. The Labute approximate surface area is 95.8 Å². The van der Waals surface area contributed by atoms with Gasteiger partial charge in [0.1, 0.15) is 6.33 Å². The van der Waals surface area contributed by atoms with E-state index in [1.54, 1.807) is 7.05 Å². The van der Waals surface area contributed by atoms with Crippen LogP contribution in [0.2, 0.25) is 0 Å². The molecule has 0 atom stereocenters. The lowest BCUT2D eigenvalue weighted by molar-refractivity contribution is 0.384. The number of aryl methyl sites for hydroxylation is 1. The fourth-order valence-electron chi connectivity index (χ4n) is 2.29. The molecule has 16 heavy (non-hydrogen) atoms. The predicted octanol–water partition coefficient (Wildman–Crippen LogP) is 1.17. The minimum atomic E-state index is -3.26. The van der Waals surface area contributed by atoms with E-state index in [-0.39, 0.29) is 10.9 Å². The van der Waals surface area contributed by atoms with Gasteiger partial charge in [-0.3, -0.25) is 0 Å². The number of sulfone groups is 1. The van der Waals surface area contributed by atoms with Gasteiger partial charge in [-0.2, -0.15) is 0 Å². The van der Waals surface area contributed by atoms with E-state index < -0.39 is 9.84 Å². The first-order valence-corrected chi connectivity index (χ1v) is 7.31. The van der Waals surface area contributed by atoms with E-state index in [4.69, 9.17) is 0 Å². The van der Waals surface area contributed by atoms with E-state index in [0.29, 0.717) is 5.92 Å². The van der Waals surface area contributed by atoms with E-state index in [2.05, 4.69) is 10.2 Å². The van der Waals surface area contributed by atoms with Crippen LogP contribution in [0.5, 0.6) is 0 Å². The van der Waals surface area contributed by atoms with Gasteiger partial charge in [0.15, 0.2) is 0 Å². The van der Waals surface area contributed by atoms with Gasteiger partial charge < -0.3 is 4.57 Å². The molecule has 0 spiro atoms. The summed E-state index contributed by atoms with van der Waals surface area (Å²) in [6, 6.07) is 0. The van der Waals surface area contributed by atoms with Crippen molar-refractivity contribution in [3.63, 3.8) is 0 Å². The quantitative estimate of drug-likeness (QED) is 0.799. The van der Waals surface area contributed by atoms with E-state index in [9.17, 15) is 8.42 Å². The Hall–Kier alpha value is -0.910. The minimum absolute atomic E-state index is 0.0954. The maximum absolute atomic E-state index is 12.1. The summed E-state index contributed by atoms with van der Waals surface area (Å²) in [7, 11) is -1.60. The Balaban J connectivity index is 2.11. The standard InChI is InChI=1S/C10H17N3O2S/c1-13-8-11-12-10(13)16(14,15)7-9-5-3-2-4-6-9/h8-9H,2-7H2,1H3. The van der Waals surface area contributed by atoms with Gasteiger partial charge in [0.25, 0.3) is 0 Å². The summed E-state index contributed by atoms with van der Waals surface area (Å²) in [5.74, 6) is 0.523. The number of aromatic nitrogens is 3. The fourth-order valence-corrected chi connectivity index (χ4v) is 4.05. The molecule has 2 rings (SSSR count). The predicted molar refractivity (Wildman–Crippen MR) is 59.6 cm³/mol. The smallest absolute Gasteiger partial charge is 0.249 e. The Morgan fingerprint density at radius 2 is 2.06 bits per heavy atom. The third-order valence-electron chi connectivity index (χ3n) is 3.13. The van der Waals surface area contributed by atoms with Crippen molar-refractivity contribution in [2.45, 2.75) is 37.3 Å². The lowest BCUT2D eigenvalue weighted by Gasteiger charge is -2.20. The molecule has 1 aliphatic rings. The Morgan fingerprint density at radius 1 is 1.38 bits per heavy atom. The SMILES string of the molecule is Cn1cnnc1S(=O)(=O)CC1CCCCC1. The summed E-state index contributed by atoms with van der Waals surface area (Å²) in [5, 5.41) is 7.39. The van der Waals surface area contributed by atoms with E-state index in [1.165, 1.54) is 17.3 Å². The molecule has 1 fully saturated rings. The number of hydrogen-bond donors (Lipinski definition) is 0. The Kier molecular flexibility index (Phi) is 3.28. The number of hydrogen-bond acceptors (Lipinski definition) is 4. The molecule has 0 radical (unpaired) electrons. The van der Waals surface area contributed by atoms with Gasteiger partial charge in [-0.15, -0.1) is 10.2 Å². The van der Waals surface area contributed by atoms with Crippen LogP contribution in [0.25, 0.3) is 0 Å². The molecule has 0 saturated heterocycles. The first kappa shape index (κ1) is 11.6. The number of rotatable bonds is 3. The number of nitrogens with zero attached hydrogens (tertiary/aromatic N) is 3. The second-order valence-corrected chi connectivity index (χ2v) is 6.44. The van der Waals surface area contributed by atoms with Gasteiger partial charge in [0.2, 0.25) is 15.0 Å². The highest BCUT2D eigenvalue weighted by molar-refractivity contribution is 7.91. The second kappa shape index (κ2) is 4.53. The molecular weight excluding hydrogens is 226 g/mol. The third kappa shape index (κ3) is 2.42. The highest BCUT2D eigenvalue weighted by Gasteiger charge is 2.26. The van der Waals surface area contributed by atoms with E-state index in [0.717, 1.165) is 25.7 Å². The Bertz CT molecular complexity index is 446. The zero-order valence-corrected chi connectivity index (χ0v) is 10.3. The van der Waals surface area contributed by atoms with Crippen LogP contribution in [0.15, 0.2) is 11.5 Å². The van der Waals surface area contributed by atoms with Gasteiger partial charge in [-0.05, 0) is 18.8 Å². The average Bonchev–Trinajstić information content (AvgIpc) is 2.66. The van der Waals surface area contributed by atoms with E-state index in [1.807, 2.05) is 0 Å². The van der Waals surface area contributed by atoms with Crippen molar-refractivity contribution in [1.29, 1.82) is 0 Å². The molecule has 0 bridgehead atoms. The highest BCUT2D eigenvalue weighted by Crippen LogP contribution is 2.26. The highest BCUT2D eigenvalue weighted by atomic mass is 32.2. The summed E-state index contributed by atoms with van der Waals surface area (Å²) in [6.07, 6.45) is 7.01. The average molecular weight is 243 g/mol. The van der Waals surface area contributed by atoms with Crippen LogP contribution in [0, 0.1) is 5.92 Å². The summed E-state index contributed by atoms with van der Waals surface area (Å²) >= 11 is 0. The first-order chi connectivity index (χ1) is 7.59. The molecule has 0 aromatic carbocycles. The van der Waals surface area contributed by atoms with Crippen molar-refractivity contribution >= 4 is 9.84 Å². The Morgan fingerprint density at radius 3 is 2.62 bits per heavy atom. The van der Waals surface area contributed by atoms with Gasteiger partial charge in [0, 0.05) is 7.05 Å². The summed E-state index contributed by atoms with van der Waals surface area (Å²) < 4.78 is 25.6. The summed E-state index contributed by atoms with van der Waals surface area (Å²) in [5.41, 5.74) is 0. The van der Waals surface area contributed by atoms with Crippen molar-refractivity contribution in [1.82, 2.24) is 14.8 Å². The minimum Gasteiger partial charge on any atom is -0.308 e. The molecule has 1 aromatic rings. The maximum Gasteiger partial charge on any atom is 0.249 e. The van der Waals surface area contributed by atoms with Gasteiger partial charge in [-0.1, -0.05) is 19.3 Å². The van der Waals surface area contributed by atoms with Crippen LogP contribution in [-0.2, 0) is 16.9 Å². The van der Waals surface area contributed by atoms with Crippen LogP contribution in [0.1, 0.15) is 32.1 Å². The third-order valence-corrected chi connectivity index (χ3v) is 4.96. The topological polar surface area (TPSA) is 64.8 Å². The lowest BCUT2D eigenvalue weighted by atomic mass is 9.91. The lowest BCUT2D eigenvalue weighted by Crippen LogP contribution is -2.21. The summed E-state index contributed by atoms with van der Waals surface area (Å²) in [4.78, 5) is 0. The van der Waals surface area contributed by atoms with Crippen LogP contribution >= 0.6 is 0 Å². The molecule has 1 aromatic heterocycles. The normalized spacial score (nSPS) is 18.8. The van der Waals surface area contributed by atoms with E-state index >= 15 is 0 Å². The van der Waals surface area contributed by atoms with Gasteiger partial charge in [0.05, 0.1) is 5.75 Å². The van der Waals surface area contributed by atoms with Crippen molar-refractivity contribution < 1.29 is 8.42 Å². The molecule has 0 amide bonds. The molecule has 1 saturated carbocycles. The maximum atomic E-state index is 12.1. The second-order valence-electron chi connectivity index (χ2n) is 4.51. The first-order valence-electron chi connectivity index (χ1n) is 5.66. The molecule has 0 unspecified atom stereocenters. The summed E-state index contributed by atoms with van der Waals surface area (Å²) in [6.45, 7) is 0. The van der Waals surface area contributed by atoms with Crippen LogP contribution in [0.4, 0.5) is 0 Å². The molecule has 1 heterocycles. The largest absolute Gasteiger partial charge is 0.308 e. The van der Waals surface area contributed by atoms with Crippen LogP contribution in [-0.4, -0.2) is 28.9 Å². The van der Waals surface area contributed by atoms with Crippen molar-refractivity contribution in [3.8, 4) is 0 Å². The fraction of sp³-hybridized carbons (Fsp3) is 0.800. The molecule has 0 aliphatic heterocycles. The van der Waals surface area contributed by atoms with Gasteiger partial charge >= 0.3 is 0 Å². The van der Waals surface area contributed by atoms with Gasteiger partial charge in [-0.25, -0.2) is 8.42 Å². The van der Waals surface area contributed by atoms with Crippen LogP contribution in [0.3, 0.4) is 0 Å². The van der Waals surface area contributed by atoms with Crippen molar-refractivity contribution in [2.75, 3.05) is 5.75 Å². The van der Waals surface area contributed by atoms with Crippen molar-refractivity contribution in [3.05, 3.63) is 6.33 Å². The molecule has 1 aliphatic carbocycles. The monoisotopic (exact) mass is 243 g/mol. The molecule has 0 N–H and O–H groups in total. The molecule has 5 nitrogen and oxygen atoms in total. The zero-order chi connectivity index (χ0) is 11.6. The van der Waals surface area contributed by atoms with Crippen LogP contribution < -0.4 is 0 Å². The molecule has 6 heteroatoms. The van der Waals surface area contributed by atoms with Crippen molar-refractivity contribution in [2.24, 2.45) is 13.0 Å².